The summed E-state index contributed by atoms with van der Waals surface area (Å²) in [7, 11) is 0. The van der Waals surface area contributed by atoms with Gasteiger partial charge in [0, 0.05) is 18.2 Å². The first kappa shape index (κ1) is 14.4. The Hall–Kier alpha value is -1.62. The molecule has 0 saturated carbocycles. The lowest BCUT2D eigenvalue weighted by Gasteiger charge is -2.27. The van der Waals surface area contributed by atoms with Gasteiger partial charge in [-0.15, -0.1) is 0 Å². The zero-order valence-corrected chi connectivity index (χ0v) is 11.2. The Balaban J connectivity index is 2.90. The molecular formula is C13H21N3O2. The van der Waals surface area contributed by atoms with Crippen molar-refractivity contribution in [1.29, 1.82) is 0 Å². The second-order valence-electron chi connectivity index (χ2n) is 4.70. The van der Waals surface area contributed by atoms with Crippen LogP contribution in [0.25, 0.3) is 0 Å². The van der Waals surface area contributed by atoms with Crippen LogP contribution in [0, 0.1) is 17.0 Å². The van der Waals surface area contributed by atoms with Crippen LogP contribution in [0.2, 0.25) is 0 Å². The van der Waals surface area contributed by atoms with Gasteiger partial charge in [0.1, 0.15) is 5.69 Å². The number of nitrogens with two attached hydrogens (primary N) is 1. The highest BCUT2D eigenvalue weighted by molar-refractivity contribution is 5.62. The maximum Gasteiger partial charge on any atom is 0.292 e. The van der Waals surface area contributed by atoms with Crippen LogP contribution in [-0.2, 0) is 0 Å². The lowest BCUT2D eigenvalue weighted by Crippen LogP contribution is -2.45. The Bertz CT molecular complexity index is 428. The summed E-state index contributed by atoms with van der Waals surface area (Å²) in [5, 5.41) is 14.0. The molecule has 0 unspecified atom stereocenters. The third kappa shape index (κ3) is 3.43. The highest BCUT2D eigenvalue weighted by Crippen LogP contribution is 2.26. The summed E-state index contributed by atoms with van der Waals surface area (Å²) in [4.78, 5) is 10.6. The SMILES string of the molecule is CCC(N)(CC)CNc1cc(C)ccc1[N+](=O)[O-]. The van der Waals surface area contributed by atoms with Crippen molar-refractivity contribution in [2.24, 2.45) is 5.73 Å². The van der Waals surface area contributed by atoms with Gasteiger partial charge in [0.25, 0.3) is 5.69 Å². The molecule has 0 aliphatic rings. The molecule has 0 heterocycles. The first-order chi connectivity index (χ1) is 8.41. The number of hydrogen-bond acceptors (Lipinski definition) is 4. The van der Waals surface area contributed by atoms with E-state index in [2.05, 4.69) is 5.32 Å². The Morgan fingerprint density at radius 3 is 2.50 bits per heavy atom. The summed E-state index contributed by atoms with van der Waals surface area (Å²) >= 11 is 0. The number of hydrogen-bond donors (Lipinski definition) is 2. The van der Waals surface area contributed by atoms with E-state index < -0.39 is 0 Å². The monoisotopic (exact) mass is 251 g/mol. The third-order valence-corrected chi connectivity index (χ3v) is 3.39. The van der Waals surface area contributed by atoms with E-state index in [1.54, 1.807) is 12.1 Å². The Kier molecular flexibility index (Phi) is 4.67. The molecule has 1 aromatic rings. The summed E-state index contributed by atoms with van der Waals surface area (Å²) in [5.41, 5.74) is 7.47. The molecule has 0 aliphatic heterocycles. The zero-order chi connectivity index (χ0) is 13.8. The Morgan fingerprint density at radius 1 is 1.39 bits per heavy atom. The van der Waals surface area contributed by atoms with E-state index in [9.17, 15) is 10.1 Å². The number of nitrogens with zero attached hydrogens (tertiary/aromatic N) is 1. The van der Waals surface area contributed by atoms with Gasteiger partial charge in [-0.25, -0.2) is 0 Å². The fraction of sp³-hybridized carbons (Fsp3) is 0.538. The predicted octanol–water partition coefficient (Wildman–Crippen LogP) is 2.83. The average molecular weight is 251 g/mol. The van der Waals surface area contributed by atoms with E-state index in [0.29, 0.717) is 12.2 Å². The van der Waals surface area contributed by atoms with E-state index >= 15 is 0 Å². The van der Waals surface area contributed by atoms with Crippen LogP contribution in [0.4, 0.5) is 11.4 Å². The van der Waals surface area contributed by atoms with Crippen molar-refractivity contribution < 1.29 is 4.92 Å². The molecule has 0 atom stereocenters. The van der Waals surface area contributed by atoms with Crippen LogP contribution in [0.1, 0.15) is 32.3 Å². The van der Waals surface area contributed by atoms with Gasteiger partial charge in [0.05, 0.1) is 4.92 Å². The number of aryl methyl sites for hydroxylation is 1. The smallest absolute Gasteiger partial charge is 0.292 e. The quantitative estimate of drug-likeness (QED) is 0.601. The van der Waals surface area contributed by atoms with E-state index in [-0.39, 0.29) is 16.1 Å². The second-order valence-corrected chi connectivity index (χ2v) is 4.70. The van der Waals surface area contributed by atoms with Crippen LogP contribution >= 0.6 is 0 Å². The summed E-state index contributed by atoms with van der Waals surface area (Å²) in [6.07, 6.45) is 1.66. The highest BCUT2D eigenvalue weighted by atomic mass is 16.6. The topological polar surface area (TPSA) is 81.2 Å². The van der Waals surface area contributed by atoms with E-state index in [1.807, 2.05) is 20.8 Å². The number of anilines is 1. The van der Waals surface area contributed by atoms with E-state index in [0.717, 1.165) is 18.4 Å². The van der Waals surface area contributed by atoms with Gasteiger partial charge in [-0.1, -0.05) is 19.9 Å². The van der Waals surface area contributed by atoms with E-state index in [1.165, 1.54) is 6.07 Å². The van der Waals surface area contributed by atoms with Crippen molar-refractivity contribution in [2.75, 3.05) is 11.9 Å². The fourth-order valence-electron chi connectivity index (χ4n) is 1.72. The zero-order valence-electron chi connectivity index (χ0n) is 11.2. The van der Waals surface area contributed by atoms with Gasteiger partial charge in [-0.05, 0) is 31.4 Å². The highest BCUT2D eigenvalue weighted by Gasteiger charge is 2.21. The van der Waals surface area contributed by atoms with Gasteiger partial charge < -0.3 is 11.1 Å². The summed E-state index contributed by atoms with van der Waals surface area (Å²) < 4.78 is 0. The van der Waals surface area contributed by atoms with Gasteiger partial charge in [0.2, 0.25) is 0 Å². The first-order valence-corrected chi connectivity index (χ1v) is 6.19. The maximum atomic E-state index is 10.9. The van der Waals surface area contributed by atoms with Gasteiger partial charge in [-0.3, -0.25) is 10.1 Å². The molecule has 1 rings (SSSR count). The molecule has 5 heteroatoms. The third-order valence-electron chi connectivity index (χ3n) is 3.39. The van der Waals surface area contributed by atoms with Crippen molar-refractivity contribution in [2.45, 2.75) is 39.2 Å². The molecule has 0 fully saturated rings. The number of nitrogens with one attached hydrogen (secondary N) is 1. The van der Waals surface area contributed by atoms with Crippen LogP contribution in [0.15, 0.2) is 18.2 Å². The van der Waals surface area contributed by atoms with Crippen LogP contribution in [0.3, 0.4) is 0 Å². The molecule has 5 nitrogen and oxygen atoms in total. The van der Waals surface area contributed by atoms with Crippen molar-refractivity contribution in [3.8, 4) is 0 Å². The molecule has 0 saturated heterocycles. The van der Waals surface area contributed by atoms with E-state index in [4.69, 9.17) is 5.73 Å². The van der Waals surface area contributed by atoms with Crippen LogP contribution in [0.5, 0.6) is 0 Å². The minimum Gasteiger partial charge on any atom is -0.378 e. The Morgan fingerprint density at radius 2 is 2.00 bits per heavy atom. The van der Waals surface area contributed by atoms with Gasteiger partial charge >= 0.3 is 0 Å². The molecule has 0 spiro atoms. The second kappa shape index (κ2) is 5.82. The van der Waals surface area contributed by atoms with Crippen molar-refractivity contribution >= 4 is 11.4 Å². The van der Waals surface area contributed by atoms with Gasteiger partial charge in [0.15, 0.2) is 0 Å². The minimum absolute atomic E-state index is 0.0927. The maximum absolute atomic E-state index is 10.9. The minimum atomic E-state index is -0.377. The summed E-state index contributed by atoms with van der Waals surface area (Å²) in [6.45, 7) is 6.49. The molecule has 0 amide bonds. The Labute approximate surface area is 108 Å². The lowest BCUT2D eigenvalue weighted by molar-refractivity contribution is -0.384. The molecule has 3 N–H and O–H groups in total. The largest absolute Gasteiger partial charge is 0.378 e. The standard InChI is InChI=1S/C13H21N3O2/c1-4-13(14,5-2)9-15-11-8-10(3)6-7-12(11)16(17)18/h6-8,15H,4-5,9,14H2,1-3H3. The number of nitro benzene ring substituents is 1. The molecule has 0 aliphatic carbocycles. The number of benzene rings is 1. The molecule has 0 radical (unpaired) electrons. The first-order valence-electron chi connectivity index (χ1n) is 6.19. The lowest BCUT2D eigenvalue weighted by atomic mass is 9.94. The normalized spacial score (nSPS) is 11.3. The molecule has 0 bridgehead atoms. The molecule has 0 aromatic heterocycles. The van der Waals surface area contributed by atoms with Crippen molar-refractivity contribution in [3.63, 3.8) is 0 Å². The molecule has 100 valence electrons. The molecular weight excluding hydrogens is 230 g/mol. The molecule has 18 heavy (non-hydrogen) atoms. The van der Waals surface area contributed by atoms with Gasteiger partial charge in [-0.2, -0.15) is 0 Å². The van der Waals surface area contributed by atoms with Crippen LogP contribution in [-0.4, -0.2) is 17.0 Å². The van der Waals surface area contributed by atoms with Crippen molar-refractivity contribution in [3.05, 3.63) is 33.9 Å². The number of rotatable bonds is 6. The van der Waals surface area contributed by atoms with Crippen LogP contribution < -0.4 is 11.1 Å². The summed E-state index contributed by atoms with van der Waals surface area (Å²) in [5.74, 6) is 0. The number of nitro groups is 1. The van der Waals surface area contributed by atoms with Crippen molar-refractivity contribution in [1.82, 2.24) is 0 Å². The molecule has 1 aromatic carbocycles. The average Bonchev–Trinajstić information content (AvgIpc) is 2.35. The predicted molar refractivity (Wildman–Crippen MR) is 73.8 cm³/mol. The fourth-order valence-corrected chi connectivity index (χ4v) is 1.72. The summed E-state index contributed by atoms with van der Waals surface area (Å²) in [6, 6.07) is 5.04.